The molecule has 4 nitrogen and oxygen atoms in total. The first-order valence-corrected chi connectivity index (χ1v) is 7.95. The molecule has 2 aromatic carbocycles. The molecule has 0 aliphatic carbocycles. The maximum atomic E-state index is 13.6. The first kappa shape index (κ1) is 16.5. The Bertz CT molecular complexity index is 750. The Hall–Kier alpha value is -1.83. The maximum Gasteiger partial charge on any atom is 0.243 e. The number of ether oxygens (including phenoxy) is 1. The van der Waals surface area contributed by atoms with E-state index in [2.05, 4.69) is 4.72 Å². The number of halogens is 2. The number of hydrogen-bond acceptors (Lipinski definition) is 3. The van der Waals surface area contributed by atoms with E-state index in [4.69, 9.17) is 4.74 Å². The second-order valence-corrected chi connectivity index (χ2v) is 6.30. The van der Waals surface area contributed by atoms with Crippen molar-refractivity contribution in [2.24, 2.45) is 0 Å². The third-order valence-electron chi connectivity index (χ3n) is 3.09. The molecule has 118 valence electrons. The van der Waals surface area contributed by atoms with E-state index in [1.54, 1.807) is 6.07 Å². The standard InChI is InChI=1S/C15H15F2NO3S/c1-21-14(11-5-4-6-12(16)9-11)10-18-22(19,20)15-8-3-2-7-13(15)17/h2-9,14,18H,10H2,1H3. The average Bonchev–Trinajstić information content (AvgIpc) is 2.48. The van der Waals surface area contributed by atoms with Crippen molar-refractivity contribution < 1.29 is 21.9 Å². The smallest absolute Gasteiger partial charge is 0.243 e. The van der Waals surface area contributed by atoms with E-state index in [9.17, 15) is 17.2 Å². The van der Waals surface area contributed by atoms with Crippen molar-refractivity contribution in [3.8, 4) is 0 Å². The van der Waals surface area contributed by atoms with Crippen molar-refractivity contribution in [3.63, 3.8) is 0 Å². The van der Waals surface area contributed by atoms with Gasteiger partial charge in [0, 0.05) is 13.7 Å². The minimum atomic E-state index is -4.01. The number of nitrogens with one attached hydrogen (secondary N) is 1. The summed E-state index contributed by atoms with van der Waals surface area (Å²) >= 11 is 0. The van der Waals surface area contributed by atoms with Gasteiger partial charge >= 0.3 is 0 Å². The zero-order valence-corrected chi connectivity index (χ0v) is 12.6. The van der Waals surface area contributed by atoms with Crippen LogP contribution in [0.1, 0.15) is 11.7 Å². The topological polar surface area (TPSA) is 55.4 Å². The van der Waals surface area contributed by atoms with Crippen LogP contribution in [-0.2, 0) is 14.8 Å². The van der Waals surface area contributed by atoms with E-state index in [-0.39, 0.29) is 6.54 Å². The fourth-order valence-corrected chi connectivity index (χ4v) is 3.08. The van der Waals surface area contributed by atoms with Gasteiger partial charge in [0.2, 0.25) is 10.0 Å². The third-order valence-corrected chi connectivity index (χ3v) is 4.55. The summed E-state index contributed by atoms with van der Waals surface area (Å²) in [6, 6.07) is 10.7. The van der Waals surface area contributed by atoms with Crippen LogP contribution in [-0.4, -0.2) is 22.1 Å². The van der Waals surface area contributed by atoms with Gasteiger partial charge in [0.25, 0.3) is 0 Å². The second-order valence-electron chi connectivity index (χ2n) is 4.56. The summed E-state index contributed by atoms with van der Waals surface area (Å²) in [5.41, 5.74) is 0.485. The van der Waals surface area contributed by atoms with Gasteiger partial charge in [0.05, 0.1) is 6.10 Å². The van der Waals surface area contributed by atoms with E-state index >= 15 is 0 Å². The van der Waals surface area contributed by atoms with Gasteiger partial charge in [-0.1, -0.05) is 24.3 Å². The van der Waals surface area contributed by atoms with Gasteiger partial charge in [-0.15, -0.1) is 0 Å². The lowest BCUT2D eigenvalue weighted by molar-refractivity contribution is 0.107. The number of hydrogen-bond donors (Lipinski definition) is 1. The molecule has 0 fully saturated rings. The molecule has 0 heterocycles. The number of rotatable bonds is 6. The Balaban J connectivity index is 2.15. The highest BCUT2D eigenvalue weighted by atomic mass is 32.2. The van der Waals surface area contributed by atoms with E-state index in [1.807, 2.05) is 0 Å². The van der Waals surface area contributed by atoms with E-state index in [0.717, 1.165) is 6.07 Å². The summed E-state index contributed by atoms with van der Waals surface area (Å²) in [7, 11) is -2.63. The summed E-state index contributed by atoms with van der Waals surface area (Å²) < 4.78 is 58.4. The Morgan fingerprint density at radius 2 is 1.86 bits per heavy atom. The number of sulfonamides is 1. The normalized spacial score (nSPS) is 13.0. The van der Waals surface area contributed by atoms with Crippen LogP contribution < -0.4 is 4.72 Å². The predicted molar refractivity (Wildman–Crippen MR) is 77.7 cm³/mol. The summed E-state index contributed by atoms with van der Waals surface area (Å²) in [6.07, 6.45) is -0.683. The van der Waals surface area contributed by atoms with Crippen LogP contribution in [0.4, 0.5) is 8.78 Å². The van der Waals surface area contributed by atoms with Crippen molar-refractivity contribution in [2.45, 2.75) is 11.0 Å². The van der Waals surface area contributed by atoms with Gasteiger partial charge in [0.1, 0.15) is 16.5 Å². The lowest BCUT2D eigenvalue weighted by atomic mass is 10.1. The molecule has 7 heteroatoms. The Labute approximate surface area is 127 Å². The highest BCUT2D eigenvalue weighted by molar-refractivity contribution is 7.89. The molecule has 2 aromatic rings. The molecule has 0 bridgehead atoms. The molecule has 1 N–H and O–H groups in total. The lowest BCUT2D eigenvalue weighted by Gasteiger charge is -2.17. The quantitative estimate of drug-likeness (QED) is 0.887. The average molecular weight is 327 g/mol. The highest BCUT2D eigenvalue weighted by Gasteiger charge is 2.21. The molecule has 0 saturated heterocycles. The minimum absolute atomic E-state index is 0.142. The van der Waals surface area contributed by atoms with Crippen molar-refractivity contribution >= 4 is 10.0 Å². The summed E-state index contributed by atoms with van der Waals surface area (Å²) in [6.45, 7) is -0.142. The summed E-state index contributed by atoms with van der Waals surface area (Å²) in [5.74, 6) is -1.29. The fourth-order valence-electron chi connectivity index (χ4n) is 1.97. The van der Waals surface area contributed by atoms with Gasteiger partial charge in [-0.25, -0.2) is 21.9 Å². The van der Waals surface area contributed by atoms with Crippen LogP contribution in [0.2, 0.25) is 0 Å². The second kappa shape index (κ2) is 6.95. The van der Waals surface area contributed by atoms with Crippen molar-refractivity contribution in [1.82, 2.24) is 4.72 Å². The van der Waals surface area contributed by atoms with Crippen molar-refractivity contribution in [3.05, 3.63) is 65.7 Å². The van der Waals surface area contributed by atoms with Crippen LogP contribution >= 0.6 is 0 Å². The largest absolute Gasteiger partial charge is 0.375 e. The van der Waals surface area contributed by atoms with Gasteiger partial charge in [0.15, 0.2) is 0 Å². The summed E-state index contributed by atoms with van der Waals surface area (Å²) in [4.78, 5) is -0.441. The third kappa shape index (κ3) is 3.88. The molecule has 0 saturated carbocycles. The minimum Gasteiger partial charge on any atom is -0.375 e. The van der Waals surface area contributed by atoms with Gasteiger partial charge in [-0.05, 0) is 29.8 Å². The monoisotopic (exact) mass is 327 g/mol. The van der Waals surface area contributed by atoms with E-state index in [1.165, 1.54) is 43.5 Å². The van der Waals surface area contributed by atoms with Gasteiger partial charge in [-0.3, -0.25) is 0 Å². The predicted octanol–water partition coefficient (Wildman–Crippen LogP) is 2.63. The molecular formula is C15H15F2NO3S. The summed E-state index contributed by atoms with van der Waals surface area (Å²) in [5, 5.41) is 0. The molecule has 0 aliphatic heterocycles. The van der Waals surface area contributed by atoms with Gasteiger partial charge < -0.3 is 4.74 Å². The van der Waals surface area contributed by atoms with Crippen LogP contribution in [0.5, 0.6) is 0 Å². The van der Waals surface area contributed by atoms with Gasteiger partial charge in [-0.2, -0.15) is 0 Å². The van der Waals surface area contributed by atoms with Crippen LogP contribution in [0.15, 0.2) is 53.4 Å². The molecule has 0 amide bonds. The molecule has 0 spiro atoms. The molecule has 0 aliphatic rings. The highest BCUT2D eigenvalue weighted by Crippen LogP contribution is 2.19. The first-order valence-electron chi connectivity index (χ1n) is 6.46. The lowest BCUT2D eigenvalue weighted by Crippen LogP contribution is -2.30. The van der Waals surface area contributed by atoms with E-state index < -0.39 is 32.7 Å². The fraction of sp³-hybridized carbons (Fsp3) is 0.200. The van der Waals surface area contributed by atoms with E-state index in [0.29, 0.717) is 5.56 Å². The molecule has 2 rings (SSSR count). The van der Waals surface area contributed by atoms with Crippen LogP contribution in [0.25, 0.3) is 0 Å². The molecular weight excluding hydrogens is 312 g/mol. The molecule has 0 radical (unpaired) electrons. The molecule has 22 heavy (non-hydrogen) atoms. The Kier molecular flexibility index (Phi) is 5.23. The Morgan fingerprint density at radius 3 is 2.50 bits per heavy atom. The first-order chi connectivity index (χ1) is 10.4. The van der Waals surface area contributed by atoms with Crippen LogP contribution in [0, 0.1) is 11.6 Å². The molecule has 1 atom stereocenters. The number of benzene rings is 2. The molecule has 0 aromatic heterocycles. The number of methoxy groups -OCH3 is 1. The zero-order valence-electron chi connectivity index (χ0n) is 11.8. The SMILES string of the molecule is COC(CNS(=O)(=O)c1ccccc1F)c1cccc(F)c1. The van der Waals surface area contributed by atoms with Crippen LogP contribution in [0.3, 0.4) is 0 Å². The molecule has 1 unspecified atom stereocenters. The zero-order chi connectivity index (χ0) is 16.2. The van der Waals surface area contributed by atoms with Crippen molar-refractivity contribution in [2.75, 3.05) is 13.7 Å². The maximum absolute atomic E-state index is 13.6. The van der Waals surface area contributed by atoms with Crippen molar-refractivity contribution in [1.29, 1.82) is 0 Å². The Morgan fingerprint density at radius 1 is 1.14 bits per heavy atom.